The Bertz CT molecular complexity index is 378. The lowest BCUT2D eigenvalue weighted by Gasteiger charge is -1.96. The first-order chi connectivity index (χ1) is 5.38. The van der Waals surface area contributed by atoms with Crippen molar-refractivity contribution in [1.29, 1.82) is 0 Å². The van der Waals surface area contributed by atoms with Crippen LogP contribution in [0, 0.1) is 6.92 Å². The van der Waals surface area contributed by atoms with Gasteiger partial charge in [-0.05, 0) is 13.0 Å². The van der Waals surface area contributed by atoms with Crippen molar-refractivity contribution in [2.24, 2.45) is 0 Å². The van der Waals surface area contributed by atoms with Crippen molar-refractivity contribution in [1.82, 2.24) is 15.0 Å². The molecule has 0 spiro atoms. The fraction of sp³-hybridized carbons (Fsp3) is 0.125. The number of hydrogen-bond acceptors (Lipinski definition) is 3. The van der Waals surface area contributed by atoms with Crippen molar-refractivity contribution in [3.8, 4) is 0 Å². The lowest BCUT2D eigenvalue weighted by molar-refractivity contribution is 1.14. The number of fused-ring (bicyclic) bond motifs is 1. The molecule has 0 amide bonds. The summed E-state index contributed by atoms with van der Waals surface area (Å²) in [4.78, 5) is 12.1. The summed E-state index contributed by atoms with van der Waals surface area (Å²) in [6, 6.07) is 1.88. The second kappa shape index (κ2) is 2.27. The molecule has 0 radical (unpaired) electrons. The molecule has 0 unspecified atom stereocenters. The molecule has 2 heterocycles. The third-order valence-corrected chi connectivity index (χ3v) is 1.64. The first-order valence-corrected chi connectivity index (χ1v) is 3.39. The zero-order valence-electron chi connectivity index (χ0n) is 6.15. The Balaban J connectivity index is 2.91. The molecule has 2 aromatic rings. The predicted molar refractivity (Wildman–Crippen MR) is 42.1 cm³/mol. The van der Waals surface area contributed by atoms with Gasteiger partial charge in [-0.3, -0.25) is 4.98 Å². The Hall–Kier alpha value is -1.51. The molecule has 2 rings (SSSR count). The van der Waals surface area contributed by atoms with Crippen molar-refractivity contribution in [2.45, 2.75) is 6.92 Å². The Kier molecular flexibility index (Phi) is 1.28. The van der Waals surface area contributed by atoms with E-state index in [1.54, 1.807) is 18.7 Å². The standard InChI is InChI=1S/C8H7N3/c1-6-7-4-9-3-2-8(7)11-5-10-6/h2-5H,1H3. The number of aromatic nitrogens is 3. The molecule has 3 nitrogen and oxygen atoms in total. The maximum atomic E-state index is 4.09. The van der Waals surface area contributed by atoms with Gasteiger partial charge >= 0.3 is 0 Å². The fourth-order valence-corrected chi connectivity index (χ4v) is 1.03. The van der Waals surface area contributed by atoms with Crippen LogP contribution in [0.5, 0.6) is 0 Å². The Labute approximate surface area is 64.1 Å². The molecular weight excluding hydrogens is 138 g/mol. The topological polar surface area (TPSA) is 38.7 Å². The molecule has 2 aromatic heterocycles. The van der Waals surface area contributed by atoms with Crippen LogP contribution in [-0.2, 0) is 0 Å². The van der Waals surface area contributed by atoms with Gasteiger partial charge in [-0.2, -0.15) is 0 Å². The van der Waals surface area contributed by atoms with E-state index in [-0.39, 0.29) is 0 Å². The van der Waals surface area contributed by atoms with Crippen molar-refractivity contribution < 1.29 is 0 Å². The van der Waals surface area contributed by atoms with E-state index in [1.165, 1.54) is 0 Å². The van der Waals surface area contributed by atoms with Crippen molar-refractivity contribution in [2.75, 3.05) is 0 Å². The number of hydrogen-bond donors (Lipinski definition) is 0. The maximum absolute atomic E-state index is 4.09. The summed E-state index contributed by atoms with van der Waals surface area (Å²) in [6.45, 7) is 1.95. The normalized spacial score (nSPS) is 10.3. The van der Waals surface area contributed by atoms with Crippen LogP contribution >= 0.6 is 0 Å². The van der Waals surface area contributed by atoms with Gasteiger partial charge in [0.25, 0.3) is 0 Å². The monoisotopic (exact) mass is 145 g/mol. The van der Waals surface area contributed by atoms with Gasteiger partial charge in [-0.1, -0.05) is 0 Å². The van der Waals surface area contributed by atoms with Gasteiger partial charge in [-0.15, -0.1) is 0 Å². The van der Waals surface area contributed by atoms with E-state index >= 15 is 0 Å². The van der Waals surface area contributed by atoms with Crippen LogP contribution in [0.2, 0.25) is 0 Å². The predicted octanol–water partition coefficient (Wildman–Crippen LogP) is 1.33. The highest BCUT2D eigenvalue weighted by atomic mass is 14.8. The van der Waals surface area contributed by atoms with Gasteiger partial charge < -0.3 is 0 Å². The van der Waals surface area contributed by atoms with Crippen molar-refractivity contribution >= 4 is 10.9 Å². The van der Waals surface area contributed by atoms with E-state index in [0.29, 0.717) is 0 Å². The van der Waals surface area contributed by atoms with Gasteiger partial charge in [0.2, 0.25) is 0 Å². The molecule has 0 atom stereocenters. The maximum Gasteiger partial charge on any atom is 0.116 e. The summed E-state index contributed by atoms with van der Waals surface area (Å²) < 4.78 is 0. The fourth-order valence-electron chi connectivity index (χ4n) is 1.03. The van der Waals surface area contributed by atoms with E-state index in [4.69, 9.17) is 0 Å². The highest BCUT2D eigenvalue weighted by Gasteiger charge is 1.95. The van der Waals surface area contributed by atoms with Crippen LogP contribution in [0.15, 0.2) is 24.8 Å². The number of aryl methyl sites for hydroxylation is 1. The van der Waals surface area contributed by atoms with Crippen LogP contribution < -0.4 is 0 Å². The number of pyridine rings is 1. The minimum atomic E-state index is 0.951. The molecule has 0 fully saturated rings. The molecule has 54 valence electrons. The number of nitrogens with zero attached hydrogens (tertiary/aromatic N) is 3. The van der Waals surface area contributed by atoms with Gasteiger partial charge in [-0.25, -0.2) is 9.97 Å². The van der Waals surface area contributed by atoms with E-state index in [1.807, 2.05) is 13.0 Å². The molecule has 0 saturated carbocycles. The van der Waals surface area contributed by atoms with Crippen LogP contribution in [0.3, 0.4) is 0 Å². The molecule has 0 saturated heterocycles. The summed E-state index contributed by atoms with van der Waals surface area (Å²) in [5, 5.41) is 1.02. The quantitative estimate of drug-likeness (QED) is 0.561. The molecule has 0 aliphatic heterocycles. The van der Waals surface area contributed by atoms with Crippen LogP contribution in [-0.4, -0.2) is 15.0 Å². The summed E-state index contributed by atoms with van der Waals surface area (Å²) >= 11 is 0. The van der Waals surface area contributed by atoms with Gasteiger partial charge in [0.1, 0.15) is 6.33 Å². The summed E-state index contributed by atoms with van der Waals surface area (Å²) in [5.74, 6) is 0. The Morgan fingerprint density at radius 3 is 3.00 bits per heavy atom. The van der Waals surface area contributed by atoms with Crippen LogP contribution in [0.4, 0.5) is 0 Å². The number of rotatable bonds is 0. The summed E-state index contributed by atoms with van der Waals surface area (Å²) in [6.07, 6.45) is 5.08. The zero-order chi connectivity index (χ0) is 7.68. The smallest absolute Gasteiger partial charge is 0.116 e. The minimum Gasteiger partial charge on any atom is -0.264 e. The molecule has 0 aliphatic carbocycles. The lowest BCUT2D eigenvalue weighted by atomic mass is 10.2. The third-order valence-electron chi connectivity index (χ3n) is 1.64. The van der Waals surface area contributed by atoms with E-state index in [0.717, 1.165) is 16.6 Å². The van der Waals surface area contributed by atoms with E-state index in [9.17, 15) is 0 Å². The van der Waals surface area contributed by atoms with Crippen molar-refractivity contribution in [3.63, 3.8) is 0 Å². The summed E-state index contributed by atoms with van der Waals surface area (Å²) in [7, 11) is 0. The zero-order valence-corrected chi connectivity index (χ0v) is 6.15. The second-order valence-electron chi connectivity index (χ2n) is 2.35. The molecule has 0 aromatic carbocycles. The highest BCUT2D eigenvalue weighted by Crippen LogP contribution is 2.10. The SMILES string of the molecule is Cc1ncnc2ccncc12. The minimum absolute atomic E-state index is 0.951. The summed E-state index contributed by atoms with van der Waals surface area (Å²) in [5.41, 5.74) is 1.93. The average Bonchev–Trinajstić information content (AvgIpc) is 2.06. The molecule has 0 bridgehead atoms. The Morgan fingerprint density at radius 1 is 1.27 bits per heavy atom. The van der Waals surface area contributed by atoms with Crippen LogP contribution in [0.25, 0.3) is 10.9 Å². The first kappa shape index (κ1) is 6.22. The highest BCUT2D eigenvalue weighted by molar-refractivity contribution is 5.78. The van der Waals surface area contributed by atoms with Crippen molar-refractivity contribution in [3.05, 3.63) is 30.5 Å². The first-order valence-electron chi connectivity index (χ1n) is 3.39. The molecule has 11 heavy (non-hydrogen) atoms. The van der Waals surface area contributed by atoms with E-state index < -0.39 is 0 Å². The second-order valence-corrected chi connectivity index (χ2v) is 2.35. The van der Waals surface area contributed by atoms with Gasteiger partial charge in [0, 0.05) is 17.8 Å². The van der Waals surface area contributed by atoms with Crippen LogP contribution in [0.1, 0.15) is 5.69 Å². The van der Waals surface area contributed by atoms with Gasteiger partial charge in [0.05, 0.1) is 11.2 Å². The molecule has 3 heteroatoms. The molecule has 0 aliphatic rings. The molecule has 0 N–H and O–H groups in total. The van der Waals surface area contributed by atoms with E-state index in [2.05, 4.69) is 15.0 Å². The lowest BCUT2D eigenvalue weighted by Crippen LogP contribution is -1.86. The third kappa shape index (κ3) is 0.941. The molecular formula is C8H7N3. The Morgan fingerprint density at radius 2 is 2.18 bits per heavy atom. The average molecular weight is 145 g/mol. The van der Waals surface area contributed by atoms with Gasteiger partial charge in [0.15, 0.2) is 0 Å². The largest absolute Gasteiger partial charge is 0.264 e.